The van der Waals surface area contributed by atoms with E-state index in [0.29, 0.717) is 11.0 Å². The molecular weight excluding hydrogens is 389 g/mol. The van der Waals surface area contributed by atoms with Crippen LogP contribution in [0.4, 0.5) is 4.39 Å². The molecule has 3 aromatic heterocycles. The highest BCUT2D eigenvalue weighted by atomic mass is 32.1. The van der Waals surface area contributed by atoms with E-state index < -0.39 is 11.7 Å². The molecule has 5 rings (SSSR count). The largest absolute Gasteiger partial charge is 0.366 e. The van der Waals surface area contributed by atoms with Crippen LogP contribution in [0.15, 0.2) is 35.8 Å². The summed E-state index contributed by atoms with van der Waals surface area (Å²) in [6, 6.07) is 6.79. The Morgan fingerprint density at radius 1 is 1.38 bits per heavy atom. The van der Waals surface area contributed by atoms with E-state index >= 15 is 0 Å². The molecule has 6 nitrogen and oxygen atoms in total. The third-order valence-electron chi connectivity index (χ3n) is 6.13. The van der Waals surface area contributed by atoms with E-state index in [0.717, 1.165) is 43.7 Å². The van der Waals surface area contributed by atoms with Crippen molar-refractivity contribution in [3.05, 3.63) is 57.7 Å². The zero-order valence-electron chi connectivity index (χ0n) is 16.1. The Morgan fingerprint density at radius 2 is 2.17 bits per heavy atom. The lowest BCUT2D eigenvalue weighted by molar-refractivity contribution is 0.100. The van der Waals surface area contributed by atoms with Gasteiger partial charge in [0.05, 0.1) is 11.1 Å². The molecule has 0 bridgehead atoms. The number of imidazole rings is 1. The third kappa shape index (κ3) is 3.03. The summed E-state index contributed by atoms with van der Waals surface area (Å²) in [7, 11) is 0. The molecule has 1 saturated heterocycles. The van der Waals surface area contributed by atoms with Crippen molar-refractivity contribution in [1.29, 1.82) is 0 Å². The molecule has 0 spiro atoms. The van der Waals surface area contributed by atoms with Crippen molar-refractivity contribution in [1.82, 2.24) is 19.5 Å². The summed E-state index contributed by atoms with van der Waals surface area (Å²) in [5.41, 5.74) is 8.37. The predicted molar refractivity (Wildman–Crippen MR) is 112 cm³/mol. The number of carbonyl (C=O) groups excluding carboxylic acids is 1. The molecule has 1 aromatic carbocycles. The fourth-order valence-corrected chi connectivity index (χ4v) is 5.15. The van der Waals surface area contributed by atoms with Crippen LogP contribution in [-0.2, 0) is 12.0 Å². The summed E-state index contributed by atoms with van der Waals surface area (Å²) in [5.74, 6) is -1.18. The van der Waals surface area contributed by atoms with Gasteiger partial charge >= 0.3 is 0 Å². The van der Waals surface area contributed by atoms with Gasteiger partial charge in [-0.2, -0.15) is 0 Å². The van der Waals surface area contributed by atoms with Crippen LogP contribution in [0.3, 0.4) is 0 Å². The molecule has 1 fully saturated rings. The van der Waals surface area contributed by atoms with Crippen molar-refractivity contribution in [2.45, 2.75) is 31.7 Å². The van der Waals surface area contributed by atoms with Crippen LogP contribution in [-0.4, -0.2) is 38.5 Å². The molecule has 4 heterocycles. The average molecular weight is 412 g/mol. The number of fused-ring (bicyclic) bond motifs is 3. The molecule has 0 aliphatic carbocycles. The maximum Gasteiger partial charge on any atom is 0.251 e. The molecule has 8 heteroatoms. The number of H-pyrrole nitrogens is 1. The average Bonchev–Trinajstić information content (AvgIpc) is 3.39. The first-order valence-electron chi connectivity index (χ1n) is 9.69. The summed E-state index contributed by atoms with van der Waals surface area (Å²) in [6.45, 7) is 5.26. The fraction of sp³-hybridized carbons (Fsp3) is 0.333. The first kappa shape index (κ1) is 18.3. The Kier molecular flexibility index (Phi) is 4.22. The van der Waals surface area contributed by atoms with Gasteiger partial charge in [0, 0.05) is 34.7 Å². The Balaban J connectivity index is 1.49. The van der Waals surface area contributed by atoms with Crippen molar-refractivity contribution >= 4 is 33.9 Å². The summed E-state index contributed by atoms with van der Waals surface area (Å²) in [6.07, 6.45) is 3.98. The lowest BCUT2D eigenvalue weighted by atomic mass is 9.75. The van der Waals surface area contributed by atoms with Gasteiger partial charge in [0.1, 0.15) is 11.3 Å². The molecule has 1 aliphatic heterocycles. The first-order valence-corrected chi connectivity index (χ1v) is 10.6. The third-order valence-corrected chi connectivity index (χ3v) is 6.99. The maximum absolute atomic E-state index is 13.9. The van der Waals surface area contributed by atoms with Crippen LogP contribution in [0.1, 0.15) is 40.6 Å². The number of hydrogen-bond acceptors (Lipinski definition) is 4. The van der Waals surface area contributed by atoms with Crippen LogP contribution in [0, 0.1) is 5.82 Å². The SMILES string of the molecule is CC1(c2c[nH]n3c2nc2cc(F)cc(C(N)=O)c23)CCN(Cc2cccs2)CC1. The molecule has 0 radical (unpaired) electrons. The van der Waals surface area contributed by atoms with Gasteiger partial charge in [-0.1, -0.05) is 13.0 Å². The van der Waals surface area contributed by atoms with Gasteiger partial charge in [0.25, 0.3) is 5.91 Å². The lowest BCUT2D eigenvalue weighted by Gasteiger charge is -2.38. The summed E-state index contributed by atoms with van der Waals surface area (Å²) < 4.78 is 15.7. The number of aromatic amines is 1. The number of aromatic nitrogens is 3. The van der Waals surface area contributed by atoms with Gasteiger partial charge in [-0.25, -0.2) is 13.9 Å². The van der Waals surface area contributed by atoms with Gasteiger partial charge in [0.15, 0.2) is 5.65 Å². The summed E-state index contributed by atoms with van der Waals surface area (Å²) in [5, 5.41) is 5.33. The van der Waals surface area contributed by atoms with E-state index in [1.165, 1.54) is 17.0 Å². The van der Waals surface area contributed by atoms with Crippen LogP contribution < -0.4 is 5.73 Å². The normalized spacial score (nSPS) is 17.3. The molecule has 1 amide bonds. The van der Waals surface area contributed by atoms with Crippen molar-refractivity contribution in [3.63, 3.8) is 0 Å². The molecule has 1 aliphatic rings. The van der Waals surface area contributed by atoms with Crippen LogP contribution in [0.2, 0.25) is 0 Å². The van der Waals surface area contributed by atoms with E-state index in [1.807, 2.05) is 6.20 Å². The molecule has 29 heavy (non-hydrogen) atoms. The highest BCUT2D eigenvalue weighted by Crippen LogP contribution is 2.38. The van der Waals surface area contributed by atoms with Crippen molar-refractivity contribution < 1.29 is 9.18 Å². The second-order valence-corrected chi connectivity index (χ2v) is 9.09. The number of carbonyl (C=O) groups is 1. The first-order chi connectivity index (χ1) is 13.9. The van der Waals surface area contributed by atoms with Crippen molar-refractivity contribution in [2.75, 3.05) is 13.1 Å². The number of likely N-dealkylation sites (tertiary alicyclic amines) is 1. The fourth-order valence-electron chi connectivity index (χ4n) is 4.40. The standard InChI is InChI=1S/C21H22FN5OS/c1-21(4-6-26(7-5-21)12-14-3-2-8-29-14)16-11-24-27-18-15(19(23)28)9-13(22)10-17(18)25-20(16)27/h2-3,8-11,24H,4-7,12H2,1H3,(H2,23,28). The Labute approximate surface area is 171 Å². The number of piperidine rings is 1. The van der Waals surface area contributed by atoms with Gasteiger partial charge < -0.3 is 5.73 Å². The summed E-state index contributed by atoms with van der Waals surface area (Å²) in [4.78, 5) is 20.4. The van der Waals surface area contributed by atoms with E-state index in [9.17, 15) is 9.18 Å². The number of hydrogen-bond donors (Lipinski definition) is 2. The molecule has 150 valence electrons. The lowest BCUT2D eigenvalue weighted by Crippen LogP contribution is -2.40. The minimum absolute atomic E-state index is 0.0417. The van der Waals surface area contributed by atoms with E-state index in [2.05, 4.69) is 39.4 Å². The number of thiophene rings is 1. The number of nitrogens with zero attached hydrogens (tertiary/aromatic N) is 3. The zero-order chi connectivity index (χ0) is 20.2. The molecule has 0 unspecified atom stereocenters. The van der Waals surface area contributed by atoms with E-state index in [1.54, 1.807) is 15.9 Å². The predicted octanol–water partition coefficient (Wildman–Crippen LogP) is 3.67. The summed E-state index contributed by atoms with van der Waals surface area (Å²) >= 11 is 1.79. The monoisotopic (exact) mass is 411 g/mol. The maximum atomic E-state index is 13.9. The van der Waals surface area contributed by atoms with Crippen molar-refractivity contribution in [2.24, 2.45) is 5.73 Å². The van der Waals surface area contributed by atoms with Crippen molar-refractivity contribution in [3.8, 4) is 0 Å². The number of nitrogens with two attached hydrogens (primary N) is 1. The molecule has 0 atom stereocenters. The molecular formula is C21H22FN5OS. The molecule has 3 N–H and O–H groups in total. The quantitative estimate of drug-likeness (QED) is 0.538. The van der Waals surface area contributed by atoms with Crippen LogP contribution in [0.25, 0.3) is 16.7 Å². The van der Waals surface area contributed by atoms with Gasteiger partial charge in [-0.05, 0) is 43.4 Å². The number of nitrogens with one attached hydrogen (secondary N) is 1. The molecule has 4 aromatic rings. The minimum Gasteiger partial charge on any atom is -0.366 e. The number of amides is 1. The van der Waals surface area contributed by atoms with Gasteiger partial charge in [0.2, 0.25) is 0 Å². The Morgan fingerprint density at radius 3 is 2.86 bits per heavy atom. The molecule has 0 saturated carbocycles. The van der Waals surface area contributed by atoms with E-state index in [-0.39, 0.29) is 11.0 Å². The zero-order valence-corrected chi connectivity index (χ0v) is 16.9. The highest BCUT2D eigenvalue weighted by Gasteiger charge is 2.35. The Bertz CT molecular complexity index is 1200. The topological polar surface area (TPSA) is 79.4 Å². The number of benzene rings is 1. The minimum atomic E-state index is -0.666. The highest BCUT2D eigenvalue weighted by molar-refractivity contribution is 7.09. The number of halogens is 1. The number of rotatable bonds is 4. The van der Waals surface area contributed by atoms with Crippen LogP contribution >= 0.6 is 11.3 Å². The second kappa shape index (κ2) is 6.67. The van der Waals surface area contributed by atoms with Gasteiger partial charge in [-0.3, -0.25) is 14.8 Å². The smallest absolute Gasteiger partial charge is 0.251 e. The van der Waals surface area contributed by atoms with Gasteiger partial charge in [-0.15, -0.1) is 11.3 Å². The Hall–Kier alpha value is -2.71. The van der Waals surface area contributed by atoms with Crippen LogP contribution in [0.5, 0.6) is 0 Å². The number of primary amides is 1. The second-order valence-electron chi connectivity index (χ2n) is 8.06. The van der Waals surface area contributed by atoms with E-state index in [4.69, 9.17) is 5.73 Å².